The highest BCUT2D eigenvalue weighted by atomic mass is 19.4. The maximum Gasteiger partial charge on any atom is 0.434 e. The third-order valence-electron chi connectivity index (χ3n) is 2.00. The second-order valence-electron chi connectivity index (χ2n) is 3.29. The topological polar surface area (TPSA) is 57.8 Å². The molecule has 0 aliphatic rings. The van der Waals surface area contributed by atoms with Gasteiger partial charge in [-0.25, -0.2) is 4.98 Å². The molecule has 0 saturated heterocycles. The molecule has 0 unspecified atom stereocenters. The molecule has 0 spiro atoms. The number of hydrogen-bond donors (Lipinski definition) is 2. The molecule has 0 saturated carbocycles. The van der Waals surface area contributed by atoms with Crippen LogP contribution in [-0.4, -0.2) is 23.6 Å². The van der Waals surface area contributed by atoms with E-state index in [0.29, 0.717) is 13.0 Å². The van der Waals surface area contributed by atoms with Crippen molar-refractivity contribution < 1.29 is 13.2 Å². The maximum absolute atomic E-state index is 12.5. The van der Waals surface area contributed by atoms with Crippen LogP contribution in [0.1, 0.15) is 17.7 Å². The summed E-state index contributed by atoms with van der Waals surface area (Å²) in [5.41, 5.74) is -2.42. The van der Waals surface area contributed by atoms with Gasteiger partial charge >= 0.3 is 6.18 Å². The largest absolute Gasteiger partial charge is 0.434 e. The summed E-state index contributed by atoms with van der Waals surface area (Å²) in [5, 5.41) is 2.84. The highest BCUT2D eigenvalue weighted by Crippen LogP contribution is 2.29. The maximum atomic E-state index is 12.5. The summed E-state index contributed by atoms with van der Waals surface area (Å²) in [6.45, 7) is 0.621. The Labute approximate surface area is 95.6 Å². The molecule has 0 fully saturated rings. The van der Waals surface area contributed by atoms with Gasteiger partial charge in [0.2, 0.25) is 0 Å². The molecule has 1 heterocycles. The van der Waals surface area contributed by atoms with Gasteiger partial charge in [0.25, 0.3) is 5.56 Å². The van der Waals surface area contributed by atoms with E-state index in [2.05, 4.69) is 15.3 Å². The Hall–Kier alpha value is -1.63. The number of halogens is 3. The predicted molar refractivity (Wildman–Crippen MR) is 57.4 cm³/mol. The molecule has 0 aromatic carbocycles. The Bertz CT molecular complexity index is 451. The van der Waals surface area contributed by atoms with Crippen LogP contribution in [0.3, 0.4) is 0 Å². The van der Waals surface area contributed by atoms with Crippen molar-refractivity contribution in [3.8, 4) is 0 Å². The predicted octanol–water partition coefficient (Wildman–Crippen LogP) is 1.41. The number of rotatable bonds is 4. The van der Waals surface area contributed by atoms with Crippen LogP contribution in [0.4, 0.5) is 13.2 Å². The third kappa shape index (κ3) is 3.70. The minimum atomic E-state index is -4.63. The van der Waals surface area contributed by atoms with Crippen molar-refractivity contribution >= 4 is 6.08 Å². The molecule has 4 nitrogen and oxygen atoms in total. The average Bonchev–Trinajstić information content (AvgIpc) is 2.24. The van der Waals surface area contributed by atoms with E-state index in [4.69, 9.17) is 0 Å². The summed E-state index contributed by atoms with van der Waals surface area (Å²) < 4.78 is 37.6. The van der Waals surface area contributed by atoms with E-state index in [-0.39, 0.29) is 0 Å². The third-order valence-corrected chi connectivity index (χ3v) is 2.00. The first-order valence-corrected chi connectivity index (χ1v) is 4.93. The number of hydrogen-bond acceptors (Lipinski definition) is 3. The zero-order valence-corrected chi connectivity index (χ0v) is 9.14. The van der Waals surface area contributed by atoms with Crippen LogP contribution in [0.15, 0.2) is 17.2 Å². The fraction of sp³-hybridized carbons (Fsp3) is 0.400. The molecular weight excluding hydrogens is 235 g/mol. The minimum absolute atomic E-state index is 0.462. The second-order valence-corrected chi connectivity index (χ2v) is 3.29. The molecule has 94 valence electrons. The Morgan fingerprint density at radius 2 is 2.24 bits per heavy atom. The van der Waals surface area contributed by atoms with Crippen LogP contribution in [0.25, 0.3) is 6.08 Å². The molecule has 0 aliphatic heterocycles. The quantitative estimate of drug-likeness (QED) is 0.791. The van der Waals surface area contributed by atoms with Crippen molar-refractivity contribution in [1.29, 1.82) is 0 Å². The van der Waals surface area contributed by atoms with Gasteiger partial charge in [-0.3, -0.25) is 4.79 Å². The van der Waals surface area contributed by atoms with Gasteiger partial charge in [-0.15, -0.1) is 0 Å². The fourth-order valence-corrected chi connectivity index (χ4v) is 1.22. The first kappa shape index (κ1) is 13.4. The van der Waals surface area contributed by atoms with Crippen LogP contribution in [0, 0.1) is 0 Å². The SMILES string of the molecule is CNCCC=Cc1c(C(F)(F)F)nc[nH]c1=O. The highest BCUT2D eigenvalue weighted by molar-refractivity contribution is 5.51. The van der Waals surface area contributed by atoms with Gasteiger partial charge in [0.15, 0.2) is 5.69 Å². The van der Waals surface area contributed by atoms with Gasteiger partial charge in [0.05, 0.1) is 11.9 Å². The van der Waals surface area contributed by atoms with E-state index in [1.165, 1.54) is 6.08 Å². The van der Waals surface area contributed by atoms with E-state index in [1.807, 2.05) is 0 Å². The van der Waals surface area contributed by atoms with Crippen LogP contribution < -0.4 is 10.9 Å². The Kier molecular flexibility index (Phi) is 4.45. The molecule has 0 aliphatic carbocycles. The monoisotopic (exact) mass is 247 g/mol. The minimum Gasteiger partial charge on any atom is -0.319 e. The zero-order valence-electron chi connectivity index (χ0n) is 9.14. The molecule has 1 aromatic heterocycles. The van der Waals surface area contributed by atoms with Crippen molar-refractivity contribution in [2.24, 2.45) is 0 Å². The number of aromatic nitrogens is 2. The lowest BCUT2D eigenvalue weighted by Gasteiger charge is -2.07. The Morgan fingerprint density at radius 1 is 1.53 bits per heavy atom. The van der Waals surface area contributed by atoms with E-state index in [9.17, 15) is 18.0 Å². The standard InChI is InChI=1S/C10H12F3N3O/c1-14-5-3-2-4-7-8(10(11,12)13)15-6-16-9(7)17/h2,4,6,14H,3,5H2,1H3,(H,15,16,17). The van der Waals surface area contributed by atoms with Crippen LogP contribution >= 0.6 is 0 Å². The van der Waals surface area contributed by atoms with Crippen LogP contribution in [0.5, 0.6) is 0 Å². The molecule has 0 bridgehead atoms. The van der Waals surface area contributed by atoms with Gasteiger partial charge in [-0.2, -0.15) is 13.2 Å². The summed E-state index contributed by atoms with van der Waals surface area (Å²) in [6, 6.07) is 0. The molecule has 1 aromatic rings. The molecule has 0 atom stereocenters. The first-order chi connectivity index (χ1) is 7.96. The Balaban J connectivity index is 3.05. The first-order valence-electron chi connectivity index (χ1n) is 4.93. The summed E-state index contributed by atoms with van der Waals surface area (Å²) in [4.78, 5) is 16.6. The lowest BCUT2D eigenvalue weighted by Crippen LogP contribution is -2.20. The van der Waals surface area contributed by atoms with Gasteiger partial charge in [0.1, 0.15) is 0 Å². The molecule has 0 radical (unpaired) electrons. The van der Waals surface area contributed by atoms with E-state index < -0.39 is 23.0 Å². The summed E-state index contributed by atoms with van der Waals surface area (Å²) in [6.07, 6.45) is -0.709. The smallest absolute Gasteiger partial charge is 0.319 e. The average molecular weight is 247 g/mol. The van der Waals surface area contributed by atoms with Gasteiger partial charge < -0.3 is 10.3 Å². The molecule has 0 amide bonds. The van der Waals surface area contributed by atoms with Crippen molar-refractivity contribution in [2.45, 2.75) is 12.6 Å². The summed E-state index contributed by atoms with van der Waals surface area (Å²) >= 11 is 0. The summed E-state index contributed by atoms with van der Waals surface area (Å²) in [5.74, 6) is 0. The van der Waals surface area contributed by atoms with Crippen molar-refractivity contribution in [1.82, 2.24) is 15.3 Å². The van der Waals surface area contributed by atoms with E-state index in [0.717, 1.165) is 12.4 Å². The second kappa shape index (κ2) is 5.62. The lowest BCUT2D eigenvalue weighted by molar-refractivity contribution is -0.141. The normalized spacial score (nSPS) is 12.2. The molecular formula is C10H12F3N3O. The number of H-pyrrole nitrogens is 1. The highest BCUT2D eigenvalue weighted by Gasteiger charge is 2.35. The van der Waals surface area contributed by atoms with Crippen molar-refractivity contribution in [2.75, 3.05) is 13.6 Å². The molecule has 1 rings (SSSR count). The van der Waals surface area contributed by atoms with Gasteiger partial charge in [0, 0.05) is 0 Å². The van der Waals surface area contributed by atoms with Crippen molar-refractivity contribution in [3.05, 3.63) is 34.0 Å². The fourth-order valence-electron chi connectivity index (χ4n) is 1.22. The zero-order chi connectivity index (χ0) is 12.9. The van der Waals surface area contributed by atoms with Crippen LogP contribution in [0.2, 0.25) is 0 Å². The number of aromatic amines is 1. The molecule has 17 heavy (non-hydrogen) atoms. The number of nitrogens with zero attached hydrogens (tertiary/aromatic N) is 1. The number of nitrogens with one attached hydrogen (secondary N) is 2. The van der Waals surface area contributed by atoms with E-state index in [1.54, 1.807) is 7.05 Å². The molecule has 2 N–H and O–H groups in total. The lowest BCUT2D eigenvalue weighted by atomic mass is 10.2. The van der Waals surface area contributed by atoms with Gasteiger partial charge in [-0.05, 0) is 20.0 Å². The van der Waals surface area contributed by atoms with Crippen molar-refractivity contribution in [3.63, 3.8) is 0 Å². The number of alkyl halides is 3. The Morgan fingerprint density at radius 3 is 2.82 bits per heavy atom. The summed E-state index contributed by atoms with van der Waals surface area (Å²) in [7, 11) is 1.73. The van der Waals surface area contributed by atoms with Gasteiger partial charge in [-0.1, -0.05) is 12.2 Å². The van der Waals surface area contributed by atoms with E-state index >= 15 is 0 Å². The van der Waals surface area contributed by atoms with Crippen LogP contribution in [-0.2, 0) is 6.18 Å². The molecule has 7 heteroatoms.